The molecule has 1 N–H and O–H groups in total. The van der Waals surface area contributed by atoms with Gasteiger partial charge in [0.1, 0.15) is 0 Å². The van der Waals surface area contributed by atoms with Gasteiger partial charge < -0.3 is 9.80 Å². The predicted octanol–water partition coefficient (Wildman–Crippen LogP) is 0.216. The Hall–Kier alpha value is -0.820. The number of piperidine rings is 1. The number of carbonyl (C=O) groups excluding carboxylic acids is 1. The van der Waals surface area contributed by atoms with Crippen LogP contribution in [0.25, 0.3) is 0 Å². The number of sulfonamides is 1. The highest BCUT2D eigenvalue weighted by Gasteiger charge is 2.29. The van der Waals surface area contributed by atoms with Gasteiger partial charge in [0.2, 0.25) is 10.0 Å². The molecule has 1 unspecified atom stereocenters. The Labute approximate surface area is 108 Å². The van der Waals surface area contributed by atoms with Crippen LogP contribution in [0.1, 0.15) is 25.7 Å². The topological polar surface area (TPSA) is 69.7 Å². The molecular weight excluding hydrogens is 254 g/mol. The van der Waals surface area contributed by atoms with Gasteiger partial charge in [0, 0.05) is 32.2 Å². The third-order valence-electron chi connectivity index (χ3n) is 3.45. The standard InChI is InChI=1S/C11H21N3O3S/c1-18(16,17)12-10-5-4-8-14(9-10)11(15)13-6-2-3-7-13/h10,12H,2-9H2,1H3. The van der Waals surface area contributed by atoms with Crippen LogP contribution in [-0.4, -0.2) is 62.7 Å². The van der Waals surface area contributed by atoms with E-state index < -0.39 is 10.0 Å². The molecule has 18 heavy (non-hydrogen) atoms. The third kappa shape index (κ3) is 3.58. The first-order chi connectivity index (χ1) is 8.46. The first-order valence-corrected chi connectivity index (χ1v) is 8.36. The fourth-order valence-corrected chi connectivity index (χ4v) is 3.46. The van der Waals surface area contributed by atoms with Crippen LogP contribution in [0.2, 0.25) is 0 Å². The Morgan fingerprint density at radius 2 is 1.72 bits per heavy atom. The summed E-state index contributed by atoms with van der Waals surface area (Å²) in [6.07, 6.45) is 4.97. The van der Waals surface area contributed by atoms with Crippen molar-refractivity contribution in [2.24, 2.45) is 0 Å². The Morgan fingerprint density at radius 1 is 1.11 bits per heavy atom. The molecule has 2 saturated heterocycles. The number of amides is 2. The maximum atomic E-state index is 12.2. The molecule has 7 heteroatoms. The van der Waals surface area contributed by atoms with Gasteiger partial charge in [-0.2, -0.15) is 0 Å². The summed E-state index contributed by atoms with van der Waals surface area (Å²) in [5.41, 5.74) is 0. The molecule has 2 heterocycles. The van der Waals surface area contributed by atoms with E-state index in [1.54, 1.807) is 4.90 Å². The largest absolute Gasteiger partial charge is 0.325 e. The second-order valence-corrected chi connectivity index (χ2v) is 6.93. The third-order valence-corrected chi connectivity index (χ3v) is 4.21. The van der Waals surface area contributed by atoms with Crippen LogP contribution < -0.4 is 4.72 Å². The predicted molar refractivity (Wildman–Crippen MR) is 68.8 cm³/mol. The summed E-state index contributed by atoms with van der Waals surface area (Å²) in [5, 5.41) is 0. The molecule has 0 aromatic rings. The van der Waals surface area contributed by atoms with E-state index in [-0.39, 0.29) is 12.1 Å². The minimum absolute atomic E-state index is 0.0625. The normalized spacial score (nSPS) is 25.5. The molecule has 2 fully saturated rings. The van der Waals surface area contributed by atoms with Crippen molar-refractivity contribution >= 4 is 16.1 Å². The fourth-order valence-electron chi connectivity index (χ4n) is 2.66. The zero-order chi connectivity index (χ0) is 13.2. The number of carbonyl (C=O) groups is 1. The van der Waals surface area contributed by atoms with E-state index in [0.29, 0.717) is 6.54 Å². The number of likely N-dealkylation sites (tertiary alicyclic amines) is 2. The lowest BCUT2D eigenvalue weighted by molar-refractivity contribution is 0.145. The summed E-state index contributed by atoms with van der Waals surface area (Å²) in [4.78, 5) is 15.8. The van der Waals surface area contributed by atoms with E-state index in [1.165, 1.54) is 0 Å². The average molecular weight is 275 g/mol. The highest BCUT2D eigenvalue weighted by Crippen LogP contribution is 2.16. The fraction of sp³-hybridized carbons (Fsp3) is 0.909. The molecular formula is C11H21N3O3S. The molecule has 0 saturated carbocycles. The van der Waals surface area contributed by atoms with Gasteiger partial charge in [-0.1, -0.05) is 0 Å². The Bertz CT molecular complexity index is 404. The quantitative estimate of drug-likeness (QED) is 0.783. The van der Waals surface area contributed by atoms with E-state index in [2.05, 4.69) is 4.72 Å². The van der Waals surface area contributed by atoms with E-state index in [4.69, 9.17) is 0 Å². The monoisotopic (exact) mass is 275 g/mol. The lowest BCUT2D eigenvalue weighted by Gasteiger charge is -2.35. The maximum Gasteiger partial charge on any atom is 0.320 e. The van der Waals surface area contributed by atoms with E-state index in [1.807, 2.05) is 4.90 Å². The number of hydrogen-bond acceptors (Lipinski definition) is 3. The molecule has 1 atom stereocenters. The van der Waals surface area contributed by atoms with E-state index in [9.17, 15) is 13.2 Å². The minimum atomic E-state index is -3.19. The maximum absolute atomic E-state index is 12.2. The molecule has 0 aromatic heterocycles. The molecule has 2 aliphatic heterocycles. The molecule has 2 aliphatic rings. The van der Waals surface area contributed by atoms with Crippen molar-refractivity contribution in [3.63, 3.8) is 0 Å². The molecule has 2 rings (SSSR count). The zero-order valence-corrected chi connectivity index (χ0v) is 11.6. The Morgan fingerprint density at radius 3 is 2.33 bits per heavy atom. The Balaban J connectivity index is 1.91. The van der Waals surface area contributed by atoms with Crippen LogP contribution in [0, 0.1) is 0 Å². The smallest absolute Gasteiger partial charge is 0.320 e. The molecule has 2 amide bonds. The molecule has 0 radical (unpaired) electrons. The van der Waals surface area contributed by atoms with Crippen molar-refractivity contribution in [1.29, 1.82) is 0 Å². The summed E-state index contributed by atoms with van der Waals surface area (Å²) in [5.74, 6) is 0. The average Bonchev–Trinajstić information content (AvgIpc) is 2.79. The summed E-state index contributed by atoms with van der Waals surface area (Å²) in [6.45, 7) is 2.89. The highest BCUT2D eigenvalue weighted by atomic mass is 32.2. The van der Waals surface area contributed by atoms with Gasteiger partial charge in [0.15, 0.2) is 0 Å². The highest BCUT2D eigenvalue weighted by molar-refractivity contribution is 7.88. The molecule has 104 valence electrons. The van der Waals surface area contributed by atoms with Crippen molar-refractivity contribution in [2.45, 2.75) is 31.7 Å². The summed E-state index contributed by atoms with van der Waals surface area (Å²) in [7, 11) is -3.19. The van der Waals surface area contributed by atoms with Crippen molar-refractivity contribution < 1.29 is 13.2 Å². The van der Waals surface area contributed by atoms with Gasteiger partial charge in [0.25, 0.3) is 0 Å². The summed E-state index contributed by atoms with van der Waals surface area (Å²) >= 11 is 0. The Kier molecular flexibility index (Phi) is 4.11. The summed E-state index contributed by atoms with van der Waals surface area (Å²) < 4.78 is 25.0. The first kappa shape index (κ1) is 13.6. The van der Waals surface area contributed by atoms with Crippen molar-refractivity contribution in [2.75, 3.05) is 32.4 Å². The second kappa shape index (κ2) is 5.44. The zero-order valence-electron chi connectivity index (χ0n) is 10.8. The number of nitrogens with one attached hydrogen (secondary N) is 1. The van der Waals surface area contributed by atoms with Crippen LogP contribution >= 0.6 is 0 Å². The lowest BCUT2D eigenvalue weighted by atomic mass is 10.1. The van der Waals surface area contributed by atoms with Crippen LogP contribution in [0.5, 0.6) is 0 Å². The van der Waals surface area contributed by atoms with Gasteiger partial charge in [0.05, 0.1) is 6.26 Å². The minimum Gasteiger partial charge on any atom is -0.325 e. The van der Waals surface area contributed by atoms with Crippen LogP contribution in [0.3, 0.4) is 0 Å². The van der Waals surface area contributed by atoms with E-state index in [0.717, 1.165) is 51.6 Å². The number of rotatable bonds is 2. The molecule has 0 aliphatic carbocycles. The van der Waals surface area contributed by atoms with Crippen LogP contribution in [0.4, 0.5) is 4.79 Å². The second-order valence-electron chi connectivity index (χ2n) is 5.15. The van der Waals surface area contributed by atoms with Crippen LogP contribution in [0.15, 0.2) is 0 Å². The van der Waals surface area contributed by atoms with Gasteiger partial charge in [-0.05, 0) is 25.7 Å². The molecule has 0 aromatic carbocycles. The first-order valence-electron chi connectivity index (χ1n) is 6.47. The van der Waals surface area contributed by atoms with Crippen molar-refractivity contribution in [1.82, 2.24) is 14.5 Å². The van der Waals surface area contributed by atoms with Crippen molar-refractivity contribution in [3.8, 4) is 0 Å². The van der Waals surface area contributed by atoms with Gasteiger partial charge >= 0.3 is 6.03 Å². The summed E-state index contributed by atoms with van der Waals surface area (Å²) in [6, 6.07) is -0.0761. The number of hydrogen-bond donors (Lipinski definition) is 1. The molecule has 6 nitrogen and oxygen atoms in total. The number of nitrogens with zero attached hydrogens (tertiary/aromatic N) is 2. The van der Waals surface area contributed by atoms with Gasteiger partial charge in [-0.15, -0.1) is 0 Å². The number of urea groups is 1. The van der Waals surface area contributed by atoms with Crippen LogP contribution in [-0.2, 0) is 10.0 Å². The molecule has 0 spiro atoms. The molecule has 0 bridgehead atoms. The van der Waals surface area contributed by atoms with Crippen molar-refractivity contribution in [3.05, 3.63) is 0 Å². The van der Waals surface area contributed by atoms with Gasteiger partial charge in [-0.3, -0.25) is 0 Å². The van der Waals surface area contributed by atoms with E-state index >= 15 is 0 Å². The SMILES string of the molecule is CS(=O)(=O)NC1CCCN(C(=O)N2CCCC2)C1. The lowest BCUT2D eigenvalue weighted by Crippen LogP contribution is -2.52. The van der Waals surface area contributed by atoms with Gasteiger partial charge in [-0.25, -0.2) is 17.9 Å².